The fourth-order valence-corrected chi connectivity index (χ4v) is 2.28. The van der Waals surface area contributed by atoms with E-state index in [0.29, 0.717) is 30.8 Å². The number of rotatable bonds is 5. The first kappa shape index (κ1) is 19.5. The molecule has 0 radical (unpaired) electrons. The van der Waals surface area contributed by atoms with Gasteiger partial charge in [0.15, 0.2) is 0 Å². The number of halogens is 6. The second kappa shape index (κ2) is 7.84. The molecule has 1 heterocycles. The molecule has 0 unspecified atom stereocenters. The van der Waals surface area contributed by atoms with E-state index in [1.807, 2.05) is 0 Å². The topological polar surface area (TPSA) is 61.4 Å². The van der Waals surface area contributed by atoms with E-state index in [1.54, 1.807) is 5.32 Å². The summed E-state index contributed by atoms with van der Waals surface area (Å²) in [7, 11) is 0. The number of hydrogen-bond acceptors (Lipinski definition) is 3. The normalized spacial score (nSPS) is 17.0. The molecule has 1 rings (SSSR count). The van der Waals surface area contributed by atoms with Gasteiger partial charge in [0.25, 0.3) is 0 Å². The monoisotopic (exact) mass is 349 g/mol. The molecule has 0 aromatic carbocycles. The van der Waals surface area contributed by atoms with E-state index in [2.05, 4.69) is 5.32 Å². The van der Waals surface area contributed by atoms with Crippen molar-refractivity contribution >= 4 is 11.8 Å². The number of nitrogens with one attached hydrogen (secondary N) is 2. The summed E-state index contributed by atoms with van der Waals surface area (Å²) >= 11 is 0. The quantitative estimate of drug-likeness (QED) is 0.579. The maximum atomic E-state index is 12.6. The minimum absolute atomic E-state index is 0.201. The number of amides is 2. The maximum Gasteiger partial charge on any atom is 0.471 e. The first-order valence-corrected chi connectivity index (χ1v) is 6.97. The van der Waals surface area contributed by atoms with Crippen molar-refractivity contribution in [3.8, 4) is 0 Å². The number of nitrogens with zero attached hydrogens (tertiary/aromatic N) is 1. The Bertz CT molecular complexity index is 418. The molecule has 23 heavy (non-hydrogen) atoms. The summed E-state index contributed by atoms with van der Waals surface area (Å²) in [6, 6.07) is -0.622. The zero-order valence-corrected chi connectivity index (χ0v) is 12.1. The number of piperidine rings is 1. The molecule has 0 bridgehead atoms. The fraction of sp³-hybridized carbons (Fsp3) is 0.833. The third kappa shape index (κ3) is 6.24. The van der Waals surface area contributed by atoms with Crippen LogP contribution in [0.1, 0.15) is 19.3 Å². The Morgan fingerprint density at radius 3 is 2.09 bits per heavy atom. The van der Waals surface area contributed by atoms with Crippen LogP contribution in [0.3, 0.4) is 0 Å². The van der Waals surface area contributed by atoms with Gasteiger partial charge in [-0.1, -0.05) is 0 Å². The molecule has 5 nitrogen and oxygen atoms in total. The minimum atomic E-state index is -5.05. The summed E-state index contributed by atoms with van der Waals surface area (Å²) in [5.41, 5.74) is 0. The standard InChI is InChI=1S/C12H17F6N3O2/c13-11(14,15)9(22)20-4-1-7-21(10(23)12(16,17)18)8-2-5-19-6-3-8/h8,19H,1-7H2,(H,20,22). The van der Waals surface area contributed by atoms with Gasteiger partial charge in [0.05, 0.1) is 0 Å². The summed E-state index contributed by atoms with van der Waals surface area (Å²) in [5.74, 6) is -4.17. The predicted octanol–water partition coefficient (Wildman–Crippen LogP) is 1.20. The van der Waals surface area contributed by atoms with Crippen LogP contribution in [-0.2, 0) is 9.59 Å². The second-order valence-electron chi connectivity index (χ2n) is 5.08. The van der Waals surface area contributed by atoms with Gasteiger partial charge in [0, 0.05) is 19.1 Å². The van der Waals surface area contributed by atoms with E-state index in [4.69, 9.17) is 0 Å². The SMILES string of the molecule is O=C(NCCCN(C(=O)C(F)(F)F)C1CCNCC1)C(F)(F)F. The number of hydrogen-bond donors (Lipinski definition) is 2. The van der Waals surface area contributed by atoms with Gasteiger partial charge in [-0.25, -0.2) is 0 Å². The van der Waals surface area contributed by atoms with Crippen molar-refractivity contribution in [2.75, 3.05) is 26.2 Å². The largest absolute Gasteiger partial charge is 0.471 e. The highest BCUT2D eigenvalue weighted by atomic mass is 19.4. The van der Waals surface area contributed by atoms with Gasteiger partial charge in [-0.15, -0.1) is 0 Å². The Labute approximate surface area is 128 Å². The van der Waals surface area contributed by atoms with Crippen LogP contribution in [0.25, 0.3) is 0 Å². The highest BCUT2D eigenvalue weighted by molar-refractivity contribution is 5.82. The van der Waals surface area contributed by atoms with Gasteiger partial charge in [-0.05, 0) is 32.4 Å². The summed E-state index contributed by atoms with van der Waals surface area (Å²) in [5, 5.41) is 4.51. The van der Waals surface area contributed by atoms with Gasteiger partial charge in [0.2, 0.25) is 0 Å². The summed E-state index contributed by atoms with van der Waals surface area (Å²) < 4.78 is 73.8. The van der Waals surface area contributed by atoms with E-state index in [0.717, 1.165) is 0 Å². The summed E-state index contributed by atoms with van der Waals surface area (Å²) in [6.07, 6.45) is -9.63. The second-order valence-corrected chi connectivity index (χ2v) is 5.08. The molecule has 0 aliphatic carbocycles. The molecule has 0 spiro atoms. The van der Waals surface area contributed by atoms with E-state index >= 15 is 0 Å². The molecule has 11 heteroatoms. The average Bonchev–Trinajstić information content (AvgIpc) is 2.45. The van der Waals surface area contributed by atoms with Gasteiger partial charge >= 0.3 is 24.2 Å². The van der Waals surface area contributed by atoms with Crippen molar-refractivity contribution in [3.63, 3.8) is 0 Å². The third-order valence-corrected chi connectivity index (χ3v) is 3.37. The van der Waals surface area contributed by atoms with Crippen LogP contribution in [0, 0.1) is 0 Å². The maximum absolute atomic E-state index is 12.6. The predicted molar refractivity (Wildman–Crippen MR) is 67.3 cm³/mol. The summed E-state index contributed by atoms with van der Waals surface area (Å²) in [4.78, 5) is 22.7. The highest BCUT2D eigenvalue weighted by Gasteiger charge is 2.44. The number of carbonyl (C=O) groups is 2. The molecule has 1 fully saturated rings. The Morgan fingerprint density at radius 2 is 1.61 bits per heavy atom. The third-order valence-electron chi connectivity index (χ3n) is 3.37. The Kier molecular flexibility index (Phi) is 6.66. The highest BCUT2D eigenvalue weighted by Crippen LogP contribution is 2.23. The van der Waals surface area contributed by atoms with Crippen LogP contribution in [-0.4, -0.2) is 61.3 Å². The van der Waals surface area contributed by atoms with E-state index < -0.39 is 36.8 Å². The molecular formula is C12H17F6N3O2. The Hall–Kier alpha value is -1.52. The molecule has 1 aliphatic rings. The molecule has 2 amide bonds. The molecular weight excluding hydrogens is 332 g/mol. The first-order valence-electron chi connectivity index (χ1n) is 6.97. The van der Waals surface area contributed by atoms with Gasteiger partial charge in [0.1, 0.15) is 0 Å². The lowest BCUT2D eigenvalue weighted by molar-refractivity contribution is -0.188. The van der Waals surface area contributed by atoms with E-state index in [-0.39, 0.29) is 13.0 Å². The van der Waals surface area contributed by atoms with Crippen molar-refractivity contribution in [2.45, 2.75) is 37.7 Å². The van der Waals surface area contributed by atoms with Crippen molar-refractivity contribution in [1.82, 2.24) is 15.5 Å². The zero-order chi connectivity index (χ0) is 17.7. The van der Waals surface area contributed by atoms with Crippen molar-refractivity contribution < 1.29 is 35.9 Å². The Balaban J connectivity index is 2.56. The van der Waals surface area contributed by atoms with Crippen LogP contribution in [0.5, 0.6) is 0 Å². The lowest BCUT2D eigenvalue weighted by Crippen LogP contribution is -2.51. The summed E-state index contributed by atoms with van der Waals surface area (Å²) in [6.45, 7) is 0.0698. The van der Waals surface area contributed by atoms with Gasteiger partial charge < -0.3 is 15.5 Å². The minimum Gasteiger partial charge on any atom is -0.348 e. The first-order chi connectivity index (χ1) is 10.5. The molecule has 0 aromatic heterocycles. The molecule has 1 aliphatic heterocycles. The molecule has 0 aromatic rings. The van der Waals surface area contributed by atoms with Crippen LogP contribution in [0.2, 0.25) is 0 Å². The van der Waals surface area contributed by atoms with Crippen LogP contribution < -0.4 is 10.6 Å². The fourth-order valence-electron chi connectivity index (χ4n) is 2.28. The van der Waals surface area contributed by atoms with E-state index in [9.17, 15) is 35.9 Å². The number of alkyl halides is 6. The molecule has 2 N–H and O–H groups in total. The molecule has 1 saturated heterocycles. The van der Waals surface area contributed by atoms with E-state index in [1.165, 1.54) is 0 Å². The molecule has 0 saturated carbocycles. The van der Waals surface area contributed by atoms with Crippen molar-refractivity contribution in [2.24, 2.45) is 0 Å². The number of carbonyl (C=O) groups excluding carboxylic acids is 2. The Morgan fingerprint density at radius 1 is 1.04 bits per heavy atom. The lowest BCUT2D eigenvalue weighted by atomic mass is 10.0. The van der Waals surface area contributed by atoms with Gasteiger partial charge in [-0.3, -0.25) is 9.59 Å². The van der Waals surface area contributed by atoms with Crippen molar-refractivity contribution in [3.05, 3.63) is 0 Å². The molecule has 0 atom stereocenters. The van der Waals surface area contributed by atoms with Gasteiger partial charge in [-0.2, -0.15) is 26.3 Å². The van der Waals surface area contributed by atoms with Crippen LogP contribution >= 0.6 is 0 Å². The van der Waals surface area contributed by atoms with Crippen LogP contribution in [0.15, 0.2) is 0 Å². The van der Waals surface area contributed by atoms with Crippen molar-refractivity contribution in [1.29, 1.82) is 0 Å². The lowest BCUT2D eigenvalue weighted by Gasteiger charge is -2.35. The molecule has 134 valence electrons. The van der Waals surface area contributed by atoms with Crippen LogP contribution in [0.4, 0.5) is 26.3 Å². The average molecular weight is 349 g/mol. The smallest absolute Gasteiger partial charge is 0.348 e. The zero-order valence-electron chi connectivity index (χ0n) is 12.1.